The van der Waals surface area contributed by atoms with Gasteiger partial charge in [0.25, 0.3) is 0 Å². The number of rotatable bonds is 6. The first kappa shape index (κ1) is 16.8. The van der Waals surface area contributed by atoms with Gasteiger partial charge in [0.05, 0.1) is 36.6 Å². The number of aromatic nitrogens is 3. The normalized spacial score (nSPS) is 10.7. The molecule has 1 N–H and O–H groups in total. The largest absolute Gasteiger partial charge is 0.497 e. The Hall–Kier alpha value is -3.61. The van der Waals surface area contributed by atoms with E-state index >= 15 is 0 Å². The lowest BCUT2D eigenvalue weighted by Gasteiger charge is -2.09. The molecule has 136 valence electrons. The van der Waals surface area contributed by atoms with E-state index in [0.717, 1.165) is 28.1 Å². The molecule has 0 bridgehead atoms. The Labute approximate surface area is 156 Å². The summed E-state index contributed by atoms with van der Waals surface area (Å²) in [6.45, 7) is 2.44. The molecule has 0 aliphatic carbocycles. The Bertz CT molecular complexity index is 1040. The summed E-state index contributed by atoms with van der Waals surface area (Å²) in [6.07, 6.45) is 4.97. The minimum atomic E-state index is 0.508. The summed E-state index contributed by atoms with van der Waals surface area (Å²) in [5, 5.41) is 7.19. The second-order valence-electron chi connectivity index (χ2n) is 6.01. The fourth-order valence-corrected chi connectivity index (χ4v) is 2.72. The van der Waals surface area contributed by atoms with E-state index in [-0.39, 0.29) is 0 Å². The first-order valence-corrected chi connectivity index (χ1v) is 8.43. The summed E-state index contributed by atoms with van der Waals surface area (Å²) >= 11 is 0. The molecular formula is C20H18N4O3. The van der Waals surface area contributed by atoms with Crippen LogP contribution in [-0.4, -0.2) is 22.2 Å². The van der Waals surface area contributed by atoms with Crippen LogP contribution in [0.2, 0.25) is 0 Å². The van der Waals surface area contributed by atoms with Crippen LogP contribution in [0, 0.1) is 6.92 Å². The number of nitrogens with one attached hydrogen (secondary N) is 1. The summed E-state index contributed by atoms with van der Waals surface area (Å²) in [5.41, 5.74) is 4.17. The van der Waals surface area contributed by atoms with Crippen LogP contribution in [-0.2, 0) is 6.54 Å². The third kappa shape index (κ3) is 3.67. The maximum atomic E-state index is 5.39. The zero-order chi connectivity index (χ0) is 18.6. The topological polar surface area (TPSA) is 86.2 Å². The van der Waals surface area contributed by atoms with E-state index in [4.69, 9.17) is 13.7 Å². The van der Waals surface area contributed by atoms with Crippen LogP contribution in [0.25, 0.3) is 22.6 Å². The van der Waals surface area contributed by atoms with E-state index in [1.54, 1.807) is 25.8 Å². The molecule has 0 unspecified atom stereocenters. The molecule has 0 aliphatic heterocycles. The third-order valence-corrected chi connectivity index (χ3v) is 4.06. The van der Waals surface area contributed by atoms with E-state index in [1.165, 1.54) is 0 Å². The summed E-state index contributed by atoms with van der Waals surface area (Å²) in [5.74, 6) is 1.93. The van der Waals surface area contributed by atoms with Crippen LogP contribution in [0.3, 0.4) is 0 Å². The Morgan fingerprint density at radius 3 is 2.85 bits per heavy atom. The Morgan fingerprint density at radius 1 is 1.19 bits per heavy atom. The molecule has 0 atom stereocenters. The molecule has 0 amide bonds. The highest BCUT2D eigenvalue weighted by molar-refractivity contribution is 5.77. The van der Waals surface area contributed by atoms with Gasteiger partial charge in [-0.15, -0.1) is 0 Å². The van der Waals surface area contributed by atoms with Gasteiger partial charge in [-0.05, 0) is 30.7 Å². The first-order valence-electron chi connectivity index (χ1n) is 8.43. The van der Waals surface area contributed by atoms with Crippen LogP contribution in [0.1, 0.15) is 11.3 Å². The summed E-state index contributed by atoms with van der Waals surface area (Å²) in [4.78, 5) is 9.08. The Kier molecular flexibility index (Phi) is 4.57. The number of hydrogen-bond acceptors (Lipinski definition) is 7. The molecule has 1 aromatic carbocycles. The minimum absolute atomic E-state index is 0.508. The average molecular weight is 362 g/mol. The predicted octanol–water partition coefficient (Wildman–Crippen LogP) is 4.32. The van der Waals surface area contributed by atoms with E-state index in [0.29, 0.717) is 23.9 Å². The smallest absolute Gasteiger partial charge is 0.223 e. The van der Waals surface area contributed by atoms with E-state index in [1.807, 2.05) is 43.3 Å². The average Bonchev–Trinajstić information content (AvgIpc) is 3.38. The van der Waals surface area contributed by atoms with E-state index < -0.39 is 0 Å². The quantitative estimate of drug-likeness (QED) is 0.546. The zero-order valence-corrected chi connectivity index (χ0v) is 15.0. The molecular weight excluding hydrogens is 344 g/mol. The molecule has 0 saturated heterocycles. The second-order valence-corrected chi connectivity index (χ2v) is 6.01. The van der Waals surface area contributed by atoms with Gasteiger partial charge in [0.2, 0.25) is 5.95 Å². The van der Waals surface area contributed by atoms with Crippen LogP contribution in [0.4, 0.5) is 5.95 Å². The molecule has 3 heterocycles. The summed E-state index contributed by atoms with van der Waals surface area (Å²) in [7, 11) is 1.65. The van der Waals surface area contributed by atoms with Crippen molar-refractivity contribution in [1.29, 1.82) is 0 Å². The second kappa shape index (κ2) is 7.33. The molecule has 0 saturated carbocycles. The Balaban J connectivity index is 1.63. The number of ether oxygens (including phenoxy) is 1. The lowest BCUT2D eigenvalue weighted by atomic mass is 10.1. The van der Waals surface area contributed by atoms with Crippen molar-refractivity contribution in [3.05, 3.63) is 66.4 Å². The lowest BCUT2D eigenvalue weighted by molar-refractivity contribution is 0.414. The van der Waals surface area contributed by atoms with Gasteiger partial charge in [-0.1, -0.05) is 17.3 Å². The fraction of sp³-hybridized carbons (Fsp3) is 0.150. The minimum Gasteiger partial charge on any atom is -0.497 e. The highest BCUT2D eigenvalue weighted by Gasteiger charge is 2.16. The van der Waals surface area contributed by atoms with Crippen molar-refractivity contribution in [3.63, 3.8) is 0 Å². The summed E-state index contributed by atoms with van der Waals surface area (Å²) < 4.78 is 15.9. The number of hydrogen-bond donors (Lipinski definition) is 1. The fourth-order valence-electron chi connectivity index (χ4n) is 2.72. The molecule has 27 heavy (non-hydrogen) atoms. The van der Waals surface area contributed by atoms with Gasteiger partial charge in [0, 0.05) is 24.4 Å². The predicted molar refractivity (Wildman–Crippen MR) is 100 cm³/mol. The molecule has 4 aromatic rings. The standard InChI is InChI=1S/C20H18N4O3/c1-13-8-18(27-24-13)17-11-22-20(23-19(17)15-6-7-26-12-15)21-10-14-4-3-5-16(9-14)25-2/h3-9,11-12H,10H2,1-2H3,(H,21,22,23). The number of aryl methyl sites for hydroxylation is 1. The number of nitrogens with zero attached hydrogens (tertiary/aromatic N) is 3. The molecule has 7 heteroatoms. The zero-order valence-electron chi connectivity index (χ0n) is 15.0. The van der Waals surface area contributed by atoms with Gasteiger partial charge in [-0.2, -0.15) is 0 Å². The molecule has 0 fully saturated rings. The van der Waals surface area contributed by atoms with Crippen molar-refractivity contribution in [1.82, 2.24) is 15.1 Å². The van der Waals surface area contributed by atoms with Crippen LogP contribution < -0.4 is 10.1 Å². The number of anilines is 1. The van der Waals surface area contributed by atoms with Gasteiger partial charge >= 0.3 is 0 Å². The highest BCUT2D eigenvalue weighted by Crippen LogP contribution is 2.31. The van der Waals surface area contributed by atoms with E-state index in [2.05, 4.69) is 20.4 Å². The maximum Gasteiger partial charge on any atom is 0.223 e. The lowest BCUT2D eigenvalue weighted by Crippen LogP contribution is -2.05. The van der Waals surface area contributed by atoms with E-state index in [9.17, 15) is 0 Å². The molecule has 4 rings (SSSR count). The highest BCUT2D eigenvalue weighted by atomic mass is 16.5. The van der Waals surface area contributed by atoms with Crippen molar-refractivity contribution in [2.45, 2.75) is 13.5 Å². The van der Waals surface area contributed by atoms with Crippen LogP contribution >= 0.6 is 0 Å². The van der Waals surface area contributed by atoms with Crippen LogP contribution in [0.5, 0.6) is 5.75 Å². The van der Waals surface area contributed by atoms with Crippen molar-refractivity contribution >= 4 is 5.95 Å². The maximum absolute atomic E-state index is 5.39. The number of furan rings is 1. The van der Waals surface area contributed by atoms with Crippen LogP contribution in [0.15, 0.2) is 64.1 Å². The van der Waals surface area contributed by atoms with Gasteiger partial charge in [0.15, 0.2) is 5.76 Å². The Morgan fingerprint density at radius 2 is 2.11 bits per heavy atom. The monoisotopic (exact) mass is 362 g/mol. The van der Waals surface area contributed by atoms with Crippen molar-refractivity contribution in [3.8, 4) is 28.3 Å². The van der Waals surface area contributed by atoms with Gasteiger partial charge in [-0.25, -0.2) is 9.97 Å². The molecule has 0 radical (unpaired) electrons. The van der Waals surface area contributed by atoms with Gasteiger partial charge < -0.3 is 19.0 Å². The molecule has 0 aliphatic rings. The SMILES string of the molecule is COc1cccc(CNc2ncc(-c3cc(C)no3)c(-c3ccoc3)n2)c1. The van der Waals surface area contributed by atoms with Gasteiger partial charge in [-0.3, -0.25) is 0 Å². The number of benzene rings is 1. The molecule has 3 aromatic heterocycles. The van der Waals surface area contributed by atoms with Crippen molar-refractivity contribution in [2.24, 2.45) is 0 Å². The molecule has 7 nitrogen and oxygen atoms in total. The number of methoxy groups -OCH3 is 1. The van der Waals surface area contributed by atoms with Crippen molar-refractivity contribution in [2.75, 3.05) is 12.4 Å². The third-order valence-electron chi connectivity index (χ3n) is 4.06. The van der Waals surface area contributed by atoms with Crippen molar-refractivity contribution < 1.29 is 13.7 Å². The summed E-state index contributed by atoms with van der Waals surface area (Å²) in [6, 6.07) is 11.5. The first-order chi connectivity index (χ1) is 13.2. The molecule has 0 spiro atoms. The van der Waals surface area contributed by atoms with Gasteiger partial charge in [0.1, 0.15) is 5.75 Å².